The highest BCUT2D eigenvalue weighted by molar-refractivity contribution is 7.93. The minimum Gasteiger partial charge on any atom is -0.241 e. The van der Waals surface area contributed by atoms with Crippen LogP contribution in [0, 0.1) is 30.6 Å². The summed E-state index contributed by atoms with van der Waals surface area (Å²) in [6.45, 7) is 1.88. The first kappa shape index (κ1) is 17.3. The number of rotatable bonds is 5. The molecule has 0 amide bonds. The van der Waals surface area contributed by atoms with Crippen molar-refractivity contribution in [2.75, 3.05) is 4.31 Å². The Bertz CT molecular complexity index is 931. The number of terminal acetylenes is 1. The van der Waals surface area contributed by atoms with Gasteiger partial charge < -0.3 is 0 Å². The van der Waals surface area contributed by atoms with Crippen LogP contribution in [0.2, 0.25) is 0 Å². The van der Waals surface area contributed by atoms with Crippen LogP contribution in [0.4, 0.5) is 5.69 Å². The van der Waals surface area contributed by atoms with Crippen molar-refractivity contribution < 1.29 is 8.42 Å². The number of nitrogens with zero attached hydrogens (tertiary/aromatic N) is 2. The molecule has 0 aliphatic heterocycles. The van der Waals surface area contributed by atoms with Crippen LogP contribution in [-0.2, 0) is 10.0 Å². The van der Waals surface area contributed by atoms with Gasteiger partial charge in [0, 0.05) is 11.8 Å². The Hall–Kier alpha value is -3.02. The van der Waals surface area contributed by atoms with Gasteiger partial charge in [-0.3, -0.25) is 0 Å². The van der Waals surface area contributed by atoms with Crippen molar-refractivity contribution in [1.82, 2.24) is 0 Å². The molecular formula is C19H16N2O2S. The third kappa shape index (κ3) is 3.65. The molecule has 2 aromatic carbocycles. The molecule has 5 heteroatoms. The molecule has 2 rings (SSSR count). The van der Waals surface area contributed by atoms with Gasteiger partial charge in [0.1, 0.15) is 0 Å². The maximum Gasteiger partial charge on any atom is 0.268 e. The van der Waals surface area contributed by atoms with Crippen molar-refractivity contribution in [3.63, 3.8) is 0 Å². The molecule has 0 aromatic heterocycles. The number of aryl methyl sites for hydroxylation is 1. The van der Waals surface area contributed by atoms with Gasteiger partial charge in [-0.15, -0.1) is 6.42 Å². The zero-order chi connectivity index (χ0) is 17.6. The molecule has 0 saturated heterocycles. The van der Waals surface area contributed by atoms with Gasteiger partial charge in [-0.2, -0.15) is 5.26 Å². The van der Waals surface area contributed by atoms with Gasteiger partial charge in [-0.05, 0) is 31.2 Å². The van der Waals surface area contributed by atoms with Gasteiger partial charge in [0.15, 0.2) is 0 Å². The molecule has 0 aliphatic rings. The molecule has 0 N–H and O–H groups in total. The molecule has 24 heavy (non-hydrogen) atoms. The number of hydrogen-bond acceptors (Lipinski definition) is 3. The molecular weight excluding hydrogens is 320 g/mol. The topological polar surface area (TPSA) is 61.2 Å². The molecule has 4 nitrogen and oxygen atoms in total. The van der Waals surface area contributed by atoms with Gasteiger partial charge in [0.05, 0.1) is 23.1 Å². The summed E-state index contributed by atoms with van der Waals surface area (Å²) in [6.07, 6.45) is 8.45. The number of allylic oxidation sites excluding steroid dienone is 1. The molecule has 0 atom stereocenters. The molecule has 120 valence electrons. The first-order chi connectivity index (χ1) is 11.5. The van der Waals surface area contributed by atoms with E-state index in [-0.39, 0.29) is 11.3 Å². The number of para-hydroxylation sites is 1. The summed E-state index contributed by atoms with van der Waals surface area (Å²) in [5.41, 5.74) is 1.79. The van der Waals surface area contributed by atoms with Crippen LogP contribution < -0.4 is 4.31 Å². The van der Waals surface area contributed by atoms with Crippen LogP contribution in [0.15, 0.2) is 65.7 Å². The average Bonchev–Trinajstić information content (AvgIpc) is 2.59. The van der Waals surface area contributed by atoms with Gasteiger partial charge in [-0.1, -0.05) is 41.8 Å². The summed E-state index contributed by atoms with van der Waals surface area (Å²) in [5, 5.41) is 8.70. The van der Waals surface area contributed by atoms with Crippen molar-refractivity contribution in [2.45, 2.75) is 18.2 Å². The monoisotopic (exact) mass is 336 g/mol. The Morgan fingerprint density at radius 3 is 2.46 bits per heavy atom. The number of nitriles is 1. The standard InChI is InChI=1S/C19H16N2O2S/c1-3-17-8-4-5-9-19(17)21(15-7-6-14-20)24(22,23)18-12-10-16(2)11-13-18/h1,4-5,7-13,15H,6H2,2H3/b15-7+. The van der Waals surface area contributed by atoms with E-state index in [1.807, 2.05) is 13.0 Å². The van der Waals surface area contributed by atoms with E-state index in [4.69, 9.17) is 11.7 Å². The van der Waals surface area contributed by atoms with Crippen molar-refractivity contribution >= 4 is 15.7 Å². The van der Waals surface area contributed by atoms with Crippen molar-refractivity contribution in [3.05, 3.63) is 71.9 Å². The Balaban J connectivity index is 2.60. The summed E-state index contributed by atoms with van der Waals surface area (Å²) in [6, 6.07) is 15.3. The highest BCUT2D eigenvalue weighted by atomic mass is 32.2. The maximum absolute atomic E-state index is 13.0. The summed E-state index contributed by atoms with van der Waals surface area (Å²) < 4.78 is 27.2. The molecule has 0 aliphatic carbocycles. The molecule has 0 bridgehead atoms. The van der Waals surface area contributed by atoms with E-state index in [0.717, 1.165) is 9.87 Å². The zero-order valence-corrected chi connectivity index (χ0v) is 14.0. The molecule has 0 fully saturated rings. The van der Waals surface area contributed by atoms with Crippen molar-refractivity contribution in [2.24, 2.45) is 0 Å². The normalized spacial score (nSPS) is 11.0. The Kier molecular flexibility index (Phi) is 5.42. The lowest BCUT2D eigenvalue weighted by atomic mass is 10.2. The van der Waals surface area contributed by atoms with E-state index in [2.05, 4.69) is 5.92 Å². The van der Waals surface area contributed by atoms with Gasteiger partial charge in [-0.25, -0.2) is 12.7 Å². The minimum absolute atomic E-state index is 0.0954. The Morgan fingerprint density at radius 1 is 1.17 bits per heavy atom. The summed E-state index contributed by atoms with van der Waals surface area (Å²) >= 11 is 0. The second kappa shape index (κ2) is 7.50. The summed E-state index contributed by atoms with van der Waals surface area (Å²) in [4.78, 5) is 0.154. The SMILES string of the molecule is C#Cc1ccccc1N(/C=C/CC#N)S(=O)(=O)c1ccc(C)cc1. The second-order valence-corrected chi connectivity index (χ2v) is 6.84. The smallest absolute Gasteiger partial charge is 0.241 e. The molecule has 0 unspecified atom stereocenters. The predicted octanol–water partition coefficient (Wildman–Crippen LogP) is 3.60. The number of hydrogen-bond donors (Lipinski definition) is 0. The molecule has 0 spiro atoms. The molecule has 0 heterocycles. The first-order valence-electron chi connectivity index (χ1n) is 7.21. The van der Waals surface area contributed by atoms with Crippen LogP contribution in [0.1, 0.15) is 17.5 Å². The Morgan fingerprint density at radius 2 is 1.83 bits per heavy atom. The quantitative estimate of drug-likeness (QED) is 0.784. The predicted molar refractivity (Wildman–Crippen MR) is 94.6 cm³/mol. The number of benzene rings is 2. The van der Waals surface area contributed by atoms with Crippen LogP contribution in [-0.4, -0.2) is 8.42 Å². The van der Waals surface area contributed by atoms with E-state index in [1.165, 1.54) is 12.3 Å². The molecule has 2 aromatic rings. The van der Waals surface area contributed by atoms with E-state index < -0.39 is 10.0 Å². The molecule has 0 saturated carbocycles. The Labute approximate surface area is 142 Å². The summed E-state index contributed by atoms with van der Waals surface area (Å²) in [5.74, 6) is 2.49. The van der Waals surface area contributed by atoms with E-state index in [1.54, 1.807) is 48.5 Å². The van der Waals surface area contributed by atoms with Crippen LogP contribution in [0.25, 0.3) is 0 Å². The third-order valence-corrected chi connectivity index (χ3v) is 5.03. The van der Waals surface area contributed by atoms with E-state index in [0.29, 0.717) is 11.3 Å². The second-order valence-electron chi connectivity index (χ2n) is 5.02. The van der Waals surface area contributed by atoms with Gasteiger partial charge >= 0.3 is 0 Å². The van der Waals surface area contributed by atoms with Crippen LogP contribution in [0.3, 0.4) is 0 Å². The fraction of sp³-hybridized carbons (Fsp3) is 0.105. The van der Waals surface area contributed by atoms with Crippen molar-refractivity contribution in [3.8, 4) is 18.4 Å². The number of anilines is 1. The highest BCUT2D eigenvalue weighted by Gasteiger charge is 2.24. The average molecular weight is 336 g/mol. The lowest BCUT2D eigenvalue weighted by Gasteiger charge is -2.22. The molecule has 0 radical (unpaired) electrons. The van der Waals surface area contributed by atoms with Crippen molar-refractivity contribution in [1.29, 1.82) is 5.26 Å². The first-order valence-corrected chi connectivity index (χ1v) is 8.65. The highest BCUT2D eigenvalue weighted by Crippen LogP contribution is 2.27. The number of sulfonamides is 1. The third-order valence-electron chi connectivity index (χ3n) is 3.32. The van der Waals surface area contributed by atoms with Crippen LogP contribution >= 0.6 is 0 Å². The largest absolute Gasteiger partial charge is 0.268 e. The summed E-state index contributed by atoms with van der Waals surface area (Å²) in [7, 11) is -3.84. The van der Waals surface area contributed by atoms with Gasteiger partial charge in [0.2, 0.25) is 0 Å². The van der Waals surface area contributed by atoms with E-state index >= 15 is 0 Å². The van der Waals surface area contributed by atoms with Gasteiger partial charge in [0.25, 0.3) is 10.0 Å². The van der Waals surface area contributed by atoms with Crippen LogP contribution in [0.5, 0.6) is 0 Å². The van der Waals surface area contributed by atoms with E-state index in [9.17, 15) is 8.42 Å². The minimum atomic E-state index is -3.84. The fourth-order valence-electron chi connectivity index (χ4n) is 2.10. The lowest BCUT2D eigenvalue weighted by molar-refractivity contribution is 0.595. The fourth-order valence-corrected chi connectivity index (χ4v) is 3.47. The maximum atomic E-state index is 13.0. The lowest BCUT2D eigenvalue weighted by Crippen LogP contribution is -2.26. The zero-order valence-electron chi connectivity index (χ0n) is 13.2.